The minimum atomic E-state index is -0.687. The van der Waals surface area contributed by atoms with Gasteiger partial charge in [-0.05, 0) is 12.0 Å². The molecule has 0 fully saturated rings. The summed E-state index contributed by atoms with van der Waals surface area (Å²) in [5.41, 5.74) is 1.58. The minimum absolute atomic E-state index is 0.403. The van der Waals surface area contributed by atoms with Gasteiger partial charge in [-0.15, -0.1) is 0 Å². The number of aliphatic hydroxyl groups is 1. The van der Waals surface area contributed by atoms with Gasteiger partial charge in [-0.1, -0.05) is 48.8 Å². The van der Waals surface area contributed by atoms with Gasteiger partial charge in [-0.3, -0.25) is 4.68 Å². The first-order valence-electron chi connectivity index (χ1n) is 7.83. The predicted octanol–water partition coefficient (Wildman–Crippen LogP) is 2.74. The average Bonchev–Trinajstić information content (AvgIpc) is 3.23. The normalized spacial score (nSPS) is 12.4. The summed E-state index contributed by atoms with van der Waals surface area (Å²) in [7, 11) is 0. The largest absolute Gasteiger partial charge is 0.384 e. The van der Waals surface area contributed by atoms with Gasteiger partial charge in [0.1, 0.15) is 12.6 Å². The molecule has 0 aliphatic rings. The summed E-state index contributed by atoms with van der Waals surface area (Å²) >= 11 is 0. The van der Waals surface area contributed by atoms with Crippen LogP contribution in [0.25, 0.3) is 0 Å². The van der Waals surface area contributed by atoms with Crippen molar-refractivity contribution in [1.82, 2.24) is 19.9 Å². The van der Waals surface area contributed by atoms with Crippen molar-refractivity contribution in [2.75, 3.05) is 0 Å². The van der Waals surface area contributed by atoms with E-state index in [4.69, 9.17) is 4.52 Å². The van der Waals surface area contributed by atoms with E-state index in [1.54, 1.807) is 17.1 Å². The molecule has 3 rings (SSSR count). The Bertz CT molecular complexity index is 736. The molecule has 1 aromatic carbocycles. The van der Waals surface area contributed by atoms with Crippen molar-refractivity contribution in [2.45, 2.75) is 38.8 Å². The van der Waals surface area contributed by atoms with Gasteiger partial charge in [0, 0.05) is 18.2 Å². The molecular weight excluding hydrogens is 292 g/mol. The highest BCUT2D eigenvalue weighted by Gasteiger charge is 2.13. The molecule has 23 heavy (non-hydrogen) atoms. The number of hydrogen-bond acceptors (Lipinski definition) is 5. The Balaban J connectivity index is 1.66. The van der Waals surface area contributed by atoms with Crippen molar-refractivity contribution in [2.24, 2.45) is 0 Å². The van der Waals surface area contributed by atoms with Crippen LogP contribution < -0.4 is 0 Å². The number of aryl methyl sites for hydroxylation is 1. The molecule has 6 nitrogen and oxygen atoms in total. The fourth-order valence-electron chi connectivity index (χ4n) is 2.36. The minimum Gasteiger partial charge on any atom is -0.384 e. The number of hydrogen-bond donors (Lipinski definition) is 1. The maximum absolute atomic E-state index is 10.4. The number of aromatic nitrogens is 4. The fraction of sp³-hybridized carbons (Fsp3) is 0.353. The van der Waals surface area contributed by atoms with E-state index < -0.39 is 6.10 Å². The summed E-state index contributed by atoms with van der Waals surface area (Å²) in [6.45, 7) is 2.53. The van der Waals surface area contributed by atoms with E-state index in [1.807, 2.05) is 30.3 Å². The van der Waals surface area contributed by atoms with Gasteiger partial charge >= 0.3 is 0 Å². The van der Waals surface area contributed by atoms with E-state index in [9.17, 15) is 5.11 Å². The van der Waals surface area contributed by atoms with Gasteiger partial charge in [0.05, 0.1) is 6.20 Å². The topological polar surface area (TPSA) is 77.0 Å². The first-order valence-corrected chi connectivity index (χ1v) is 7.83. The molecule has 2 heterocycles. The summed E-state index contributed by atoms with van der Waals surface area (Å²) in [5, 5.41) is 18.6. The summed E-state index contributed by atoms with van der Waals surface area (Å²) in [4.78, 5) is 4.35. The van der Waals surface area contributed by atoms with Crippen molar-refractivity contribution < 1.29 is 9.63 Å². The highest BCUT2D eigenvalue weighted by molar-refractivity contribution is 5.26. The Hall–Kier alpha value is -2.47. The van der Waals surface area contributed by atoms with E-state index in [2.05, 4.69) is 22.2 Å². The third-order valence-corrected chi connectivity index (χ3v) is 3.65. The van der Waals surface area contributed by atoms with Gasteiger partial charge in [-0.2, -0.15) is 10.1 Å². The second-order valence-electron chi connectivity index (χ2n) is 5.49. The van der Waals surface area contributed by atoms with Crippen LogP contribution in [0.2, 0.25) is 0 Å². The summed E-state index contributed by atoms with van der Waals surface area (Å²) in [5.74, 6) is 1.26. The number of benzene rings is 1. The number of unbranched alkanes of at least 4 members (excludes halogenated alkanes) is 1. The molecule has 6 heteroatoms. The lowest BCUT2D eigenvalue weighted by Gasteiger charge is -2.07. The van der Waals surface area contributed by atoms with Crippen LogP contribution in [0.15, 0.2) is 47.2 Å². The van der Waals surface area contributed by atoms with Crippen molar-refractivity contribution in [1.29, 1.82) is 0 Å². The van der Waals surface area contributed by atoms with E-state index in [0.717, 1.165) is 36.2 Å². The lowest BCUT2D eigenvalue weighted by molar-refractivity contribution is 0.220. The summed E-state index contributed by atoms with van der Waals surface area (Å²) in [6, 6.07) is 9.50. The second-order valence-corrected chi connectivity index (χ2v) is 5.49. The van der Waals surface area contributed by atoms with Crippen LogP contribution in [0.4, 0.5) is 0 Å². The molecule has 0 saturated carbocycles. The number of aliphatic hydroxyl groups excluding tert-OH is 1. The van der Waals surface area contributed by atoms with Gasteiger partial charge in [-0.25, -0.2) is 0 Å². The van der Waals surface area contributed by atoms with Crippen LogP contribution in [-0.4, -0.2) is 25.0 Å². The summed E-state index contributed by atoms with van der Waals surface area (Å²) < 4.78 is 6.93. The Labute approximate surface area is 134 Å². The zero-order chi connectivity index (χ0) is 16.1. The molecule has 3 aromatic rings. The first-order chi connectivity index (χ1) is 11.3. The van der Waals surface area contributed by atoms with Crippen LogP contribution in [0.5, 0.6) is 0 Å². The molecule has 1 N–H and O–H groups in total. The highest BCUT2D eigenvalue weighted by Crippen LogP contribution is 2.21. The zero-order valence-corrected chi connectivity index (χ0v) is 13.1. The third-order valence-electron chi connectivity index (χ3n) is 3.65. The first kappa shape index (κ1) is 15.4. The van der Waals surface area contributed by atoms with Gasteiger partial charge in [0.15, 0.2) is 5.82 Å². The lowest BCUT2D eigenvalue weighted by atomic mass is 10.1. The number of nitrogens with zero attached hydrogens (tertiary/aromatic N) is 4. The average molecular weight is 312 g/mol. The molecule has 1 unspecified atom stereocenters. The fourth-order valence-corrected chi connectivity index (χ4v) is 2.36. The molecule has 2 aromatic heterocycles. The molecule has 0 amide bonds. The zero-order valence-electron chi connectivity index (χ0n) is 13.1. The highest BCUT2D eigenvalue weighted by atomic mass is 16.5. The van der Waals surface area contributed by atoms with Crippen LogP contribution >= 0.6 is 0 Å². The summed E-state index contributed by atoms with van der Waals surface area (Å²) in [6.07, 6.45) is 5.75. The lowest BCUT2D eigenvalue weighted by Crippen LogP contribution is -2.01. The van der Waals surface area contributed by atoms with E-state index >= 15 is 0 Å². The SMILES string of the molecule is CCCCc1noc(Cn2cc(C(O)c3ccccc3)cn2)n1. The number of rotatable bonds is 7. The molecule has 120 valence electrons. The van der Waals surface area contributed by atoms with Crippen molar-refractivity contribution in [3.63, 3.8) is 0 Å². The Morgan fingerprint density at radius 2 is 2.04 bits per heavy atom. The molecule has 0 aliphatic carbocycles. The van der Waals surface area contributed by atoms with Crippen molar-refractivity contribution in [3.05, 3.63) is 65.6 Å². The van der Waals surface area contributed by atoms with Gasteiger partial charge in [0.2, 0.25) is 5.89 Å². The monoisotopic (exact) mass is 312 g/mol. The second kappa shape index (κ2) is 7.19. The maximum atomic E-state index is 10.4. The molecule has 1 atom stereocenters. The predicted molar refractivity (Wildman–Crippen MR) is 84.7 cm³/mol. The quantitative estimate of drug-likeness (QED) is 0.726. The van der Waals surface area contributed by atoms with Crippen molar-refractivity contribution >= 4 is 0 Å². The smallest absolute Gasteiger partial charge is 0.248 e. The molecule has 0 radical (unpaired) electrons. The van der Waals surface area contributed by atoms with E-state index in [-0.39, 0.29) is 0 Å². The molecule has 0 aliphatic heterocycles. The maximum Gasteiger partial charge on any atom is 0.248 e. The van der Waals surface area contributed by atoms with E-state index in [1.165, 1.54) is 0 Å². The molecular formula is C17H20N4O2. The van der Waals surface area contributed by atoms with Gasteiger partial charge < -0.3 is 9.63 Å². The molecule has 0 spiro atoms. The van der Waals surface area contributed by atoms with Gasteiger partial charge in [0.25, 0.3) is 0 Å². The Morgan fingerprint density at radius 1 is 1.22 bits per heavy atom. The Morgan fingerprint density at radius 3 is 2.83 bits per heavy atom. The van der Waals surface area contributed by atoms with Crippen LogP contribution in [-0.2, 0) is 13.0 Å². The Kier molecular flexibility index (Phi) is 4.83. The standard InChI is InChI=1S/C17H20N4O2/c1-2-3-9-15-19-16(23-20-15)12-21-11-14(10-18-21)17(22)13-7-5-4-6-8-13/h4-8,10-11,17,22H,2-3,9,12H2,1H3. The molecule has 0 saturated heterocycles. The van der Waals surface area contributed by atoms with Crippen LogP contribution in [0.3, 0.4) is 0 Å². The van der Waals surface area contributed by atoms with Crippen molar-refractivity contribution in [3.8, 4) is 0 Å². The van der Waals surface area contributed by atoms with Crippen LogP contribution in [0.1, 0.15) is 48.7 Å². The van der Waals surface area contributed by atoms with Crippen LogP contribution in [0, 0.1) is 0 Å². The molecule has 0 bridgehead atoms. The third kappa shape index (κ3) is 3.84. The van der Waals surface area contributed by atoms with E-state index in [0.29, 0.717) is 12.4 Å².